The Morgan fingerprint density at radius 2 is 2.29 bits per heavy atom. The zero-order valence-corrected chi connectivity index (χ0v) is 8.88. The summed E-state index contributed by atoms with van der Waals surface area (Å²) in [6.07, 6.45) is 1.43. The Kier molecular flexibility index (Phi) is 2.01. The maximum atomic E-state index is 13.3. The van der Waals surface area contributed by atoms with E-state index in [1.54, 1.807) is 4.57 Å². The number of hydrogen-bond acceptors (Lipinski definition) is 5. The van der Waals surface area contributed by atoms with E-state index in [0.717, 1.165) is 0 Å². The SMILES string of the molecule is C=C1O[C@@H](n2cnc3c(N)ncnc32)CC1F. The number of halogens is 1. The van der Waals surface area contributed by atoms with Gasteiger partial charge in [0.15, 0.2) is 23.9 Å². The average Bonchev–Trinajstić information content (AvgIpc) is 2.85. The lowest BCUT2D eigenvalue weighted by molar-refractivity contribution is 0.102. The molecule has 0 spiro atoms. The van der Waals surface area contributed by atoms with Gasteiger partial charge < -0.3 is 10.5 Å². The molecular weight excluding hydrogens is 225 g/mol. The first kappa shape index (κ1) is 10.0. The van der Waals surface area contributed by atoms with Gasteiger partial charge in [0.05, 0.1) is 0 Å². The summed E-state index contributed by atoms with van der Waals surface area (Å²) in [6, 6.07) is 0. The van der Waals surface area contributed by atoms with Gasteiger partial charge in [-0.2, -0.15) is 0 Å². The lowest BCUT2D eigenvalue weighted by Gasteiger charge is -2.11. The fraction of sp³-hybridized carbons (Fsp3) is 0.300. The van der Waals surface area contributed by atoms with Crippen LogP contribution < -0.4 is 5.73 Å². The summed E-state index contributed by atoms with van der Waals surface area (Å²) in [5.74, 6) is 0.432. The maximum Gasteiger partial charge on any atom is 0.181 e. The predicted molar refractivity (Wildman–Crippen MR) is 58.5 cm³/mol. The molecule has 1 unspecified atom stereocenters. The van der Waals surface area contributed by atoms with Gasteiger partial charge in [-0.05, 0) is 0 Å². The van der Waals surface area contributed by atoms with Crippen LogP contribution in [0.3, 0.4) is 0 Å². The monoisotopic (exact) mass is 235 g/mol. The van der Waals surface area contributed by atoms with Crippen LogP contribution in [0.2, 0.25) is 0 Å². The topological polar surface area (TPSA) is 78.9 Å². The summed E-state index contributed by atoms with van der Waals surface area (Å²) in [7, 11) is 0. The van der Waals surface area contributed by atoms with Crippen LogP contribution >= 0.6 is 0 Å². The van der Waals surface area contributed by atoms with Gasteiger partial charge in [-0.25, -0.2) is 19.3 Å². The molecule has 1 saturated heterocycles. The minimum absolute atomic E-state index is 0.138. The number of fused-ring (bicyclic) bond motifs is 1. The molecule has 0 amide bonds. The third-order valence-corrected chi connectivity index (χ3v) is 2.74. The van der Waals surface area contributed by atoms with Crippen LogP contribution in [-0.4, -0.2) is 25.7 Å². The zero-order chi connectivity index (χ0) is 12.0. The number of ether oxygens (including phenoxy) is 1. The van der Waals surface area contributed by atoms with Crippen LogP contribution in [0.4, 0.5) is 10.2 Å². The van der Waals surface area contributed by atoms with Crippen molar-refractivity contribution >= 4 is 17.0 Å². The lowest BCUT2D eigenvalue weighted by atomic mass is 10.3. The Balaban J connectivity index is 2.07. The second kappa shape index (κ2) is 3.41. The molecule has 2 aromatic rings. The van der Waals surface area contributed by atoms with Crippen molar-refractivity contribution in [3.05, 3.63) is 25.0 Å². The second-order valence-corrected chi connectivity index (χ2v) is 3.83. The van der Waals surface area contributed by atoms with E-state index in [0.29, 0.717) is 17.0 Å². The van der Waals surface area contributed by atoms with Crippen molar-refractivity contribution in [2.75, 3.05) is 5.73 Å². The molecule has 7 heteroatoms. The van der Waals surface area contributed by atoms with Crippen LogP contribution in [0, 0.1) is 0 Å². The quantitative estimate of drug-likeness (QED) is 0.802. The summed E-state index contributed by atoms with van der Waals surface area (Å²) in [6.45, 7) is 3.50. The summed E-state index contributed by atoms with van der Waals surface area (Å²) < 4.78 is 20.3. The van der Waals surface area contributed by atoms with Crippen molar-refractivity contribution in [3.63, 3.8) is 0 Å². The largest absolute Gasteiger partial charge is 0.472 e. The van der Waals surface area contributed by atoms with Crippen LogP contribution in [0.15, 0.2) is 25.0 Å². The third-order valence-electron chi connectivity index (χ3n) is 2.74. The number of nitrogen functional groups attached to an aromatic ring is 1. The van der Waals surface area contributed by atoms with Crippen molar-refractivity contribution in [1.82, 2.24) is 19.5 Å². The van der Waals surface area contributed by atoms with Gasteiger partial charge in [0.1, 0.15) is 23.9 Å². The molecular formula is C10H10FN5O. The Morgan fingerprint density at radius 1 is 1.47 bits per heavy atom. The highest BCUT2D eigenvalue weighted by Gasteiger charge is 2.32. The molecule has 6 nitrogen and oxygen atoms in total. The molecule has 2 N–H and O–H groups in total. The number of anilines is 1. The summed E-state index contributed by atoms with van der Waals surface area (Å²) >= 11 is 0. The first-order valence-corrected chi connectivity index (χ1v) is 5.09. The molecule has 0 radical (unpaired) electrons. The van der Waals surface area contributed by atoms with E-state index in [1.807, 2.05) is 0 Å². The minimum atomic E-state index is -1.16. The molecule has 2 aromatic heterocycles. The highest BCUT2D eigenvalue weighted by molar-refractivity contribution is 5.81. The molecule has 1 fully saturated rings. The highest BCUT2D eigenvalue weighted by atomic mass is 19.1. The normalized spacial score (nSPS) is 24.2. The number of allylic oxidation sites excluding steroid dienone is 1. The van der Waals surface area contributed by atoms with Gasteiger partial charge in [-0.1, -0.05) is 6.58 Å². The Hall–Kier alpha value is -2.18. The van der Waals surface area contributed by atoms with E-state index in [1.165, 1.54) is 12.7 Å². The molecule has 0 aromatic carbocycles. The van der Waals surface area contributed by atoms with Crippen LogP contribution in [-0.2, 0) is 4.74 Å². The van der Waals surface area contributed by atoms with Crippen molar-refractivity contribution < 1.29 is 9.13 Å². The maximum absolute atomic E-state index is 13.3. The van der Waals surface area contributed by atoms with E-state index < -0.39 is 12.4 Å². The molecule has 2 atom stereocenters. The van der Waals surface area contributed by atoms with Gasteiger partial charge >= 0.3 is 0 Å². The summed E-state index contributed by atoms with van der Waals surface area (Å²) in [5.41, 5.74) is 6.69. The second-order valence-electron chi connectivity index (χ2n) is 3.83. The van der Waals surface area contributed by atoms with E-state index in [2.05, 4.69) is 21.5 Å². The van der Waals surface area contributed by atoms with Gasteiger partial charge in [-0.15, -0.1) is 0 Å². The Morgan fingerprint density at radius 3 is 3.00 bits per heavy atom. The fourth-order valence-electron chi connectivity index (χ4n) is 1.86. The molecule has 0 aliphatic carbocycles. The number of nitrogens with zero attached hydrogens (tertiary/aromatic N) is 4. The average molecular weight is 235 g/mol. The van der Waals surface area contributed by atoms with Crippen molar-refractivity contribution in [1.29, 1.82) is 0 Å². The molecule has 17 heavy (non-hydrogen) atoms. The summed E-state index contributed by atoms with van der Waals surface area (Å²) in [5, 5.41) is 0. The van der Waals surface area contributed by atoms with Gasteiger partial charge in [0, 0.05) is 6.42 Å². The number of imidazole rings is 1. The molecule has 3 rings (SSSR count). The van der Waals surface area contributed by atoms with E-state index in [4.69, 9.17) is 10.5 Å². The fourth-order valence-corrected chi connectivity index (χ4v) is 1.86. The standard InChI is InChI=1S/C10H10FN5O/c1-5-6(11)2-7(17-5)16-4-15-8-9(12)13-3-14-10(8)16/h3-4,6-7H,1-2H2,(H2,12,13,14)/t6?,7-/m1/s1. The number of aromatic nitrogens is 4. The van der Waals surface area contributed by atoms with Crippen LogP contribution in [0.1, 0.15) is 12.6 Å². The Labute approximate surface area is 95.9 Å². The number of nitrogens with two attached hydrogens (primary N) is 1. The van der Waals surface area contributed by atoms with Crippen molar-refractivity contribution in [2.24, 2.45) is 0 Å². The van der Waals surface area contributed by atoms with Crippen LogP contribution in [0.25, 0.3) is 11.2 Å². The third kappa shape index (κ3) is 1.42. The molecule has 0 saturated carbocycles. The van der Waals surface area contributed by atoms with E-state index >= 15 is 0 Å². The zero-order valence-electron chi connectivity index (χ0n) is 8.88. The summed E-state index contributed by atoms with van der Waals surface area (Å²) in [4.78, 5) is 12.0. The molecule has 3 heterocycles. The van der Waals surface area contributed by atoms with Crippen molar-refractivity contribution in [2.45, 2.75) is 18.8 Å². The van der Waals surface area contributed by atoms with Gasteiger partial charge in [-0.3, -0.25) is 4.57 Å². The number of alkyl halides is 1. The van der Waals surface area contributed by atoms with Crippen molar-refractivity contribution in [3.8, 4) is 0 Å². The highest BCUT2D eigenvalue weighted by Crippen LogP contribution is 2.34. The number of hydrogen-bond donors (Lipinski definition) is 1. The lowest BCUT2D eigenvalue weighted by Crippen LogP contribution is -2.07. The first-order chi connectivity index (χ1) is 8.16. The predicted octanol–water partition coefficient (Wildman–Crippen LogP) is 1.18. The van der Waals surface area contributed by atoms with E-state index in [-0.39, 0.29) is 12.2 Å². The van der Waals surface area contributed by atoms with Gasteiger partial charge in [0.2, 0.25) is 0 Å². The van der Waals surface area contributed by atoms with Gasteiger partial charge in [0.25, 0.3) is 0 Å². The van der Waals surface area contributed by atoms with E-state index in [9.17, 15) is 4.39 Å². The number of rotatable bonds is 1. The minimum Gasteiger partial charge on any atom is -0.472 e. The Bertz CT molecular complexity index is 595. The van der Waals surface area contributed by atoms with Crippen LogP contribution in [0.5, 0.6) is 0 Å². The molecule has 0 bridgehead atoms. The molecule has 1 aliphatic rings. The first-order valence-electron chi connectivity index (χ1n) is 5.09. The smallest absolute Gasteiger partial charge is 0.181 e. The molecule has 1 aliphatic heterocycles. The molecule has 88 valence electrons.